The number of Topliss-reactive ketones (excluding diaryl/α,β-unsaturated/α-hetero) is 1. The van der Waals surface area contributed by atoms with E-state index in [0.717, 1.165) is 12.8 Å². The zero-order chi connectivity index (χ0) is 10.7. The molecule has 5 heteroatoms. The van der Waals surface area contributed by atoms with Crippen LogP contribution >= 0.6 is 0 Å². The Morgan fingerprint density at radius 1 is 1.47 bits per heavy atom. The average Bonchev–Trinajstić information content (AvgIpc) is 2.64. The largest absolute Gasteiger partial charge is 0.370 e. The fourth-order valence-electron chi connectivity index (χ4n) is 1.67. The van der Waals surface area contributed by atoms with Gasteiger partial charge in [0.05, 0.1) is 6.10 Å². The van der Waals surface area contributed by atoms with E-state index in [1.165, 1.54) is 0 Å². The molecule has 1 saturated carbocycles. The molecule has 0 atom stereocenters. The van der Waals surface area contributed by atoms with Crippen molar-refractivity contribution in [3.05, 3.63) is 11.7 Å². The van der Waals surface area contributed by atoms with Crippen LogP contribution in [-0.4, -0.2) is 22.0 Å². The number of nitrogens with zero attached hydrogens (tertiary/aromatic N) is 2. The quantitative estimate of drug-likeness (QED) is 0.754. The topological polar surface area (TPSA) is 65.2 Å². The predicted octanol–water partition coefficient (Wildman–Crippen LogP) is 1.41. The molecule has 1 fully saturated rings. The summed E-state index contributed by atoms with van der Waals surface area (Å²) in [5.41, 5.74) is 0. The van der Waals surface area contributed by atoms with Crippen LogP contribution in [0, 0.1) is 6.92 Å². The summed E-state index contributed by atoms with van der Waals surface area (Å²) in [6.07, 6.45) is 3.07. The second-order valence-electron chi connectivity index (χ2n) is 3.78. The molecule has 0 bridgehead atoms. The highest BCUT2D eigenvalue weighted by atomic mass is 16.5. The number of aromatic nitrogens is 2. The van der Waals surface area contributed by atoms with Gasteiger partial charge >= 0.3 is 0 Å². The van der Waals surface area contributed by atoms with Gasteiger partial charge in [-0.3, -0.25) is 4.79 Å². The Morgan fingerprint density at radius 3 is 2.80 bits per heavy atom. The molecule has 0 spiro atoms. The first kappa shape index (κ1) is 10.3. The minimum absolute atomic E-state index is 0.168. The second-order valence-corrected chi connectivity index (χ2v) is 3.78. The molecule has 0 radical (unpaired) electrons. The lowest BCUT2D eigenvalue weighted by atomic mass is 9.96. The third-order valence-electron chi connectivity index (χ3n) is 2.51. The van der Waals surface area contributed by atoms with Crippen molar-refractivity contribution in [1.29, 1.82) is 0 Å². The highest BCUT2D eigenvalue weighted by molar-refractivity contribution is 5.79. The number of rotatable bonds is 3. The Kier molecular flexibility index (Phi) is 3.11. The molecule has 0 N–H and O–H groups in total. The summed E-state index contributed by atoms with van der Waals surface area (Å²) in [5.74, 6) is 1.46. The maximum atomic E-state index is 11.0. The smallest absolute Gasteiger partial charge is 0.223 e. The minimum atomic E-state index is 0.168. The van der Waals surface area contributed by atoms with E-state index in [9.17, 15) is 4.79 Å². The number of hydrogen-bond donors (Lipinski definition) is 0. The number of aryl methyl sites for hydroxylation is 1. The summed E-state index contributed by atoms with van der Waals surface area (Å²) >= 11 is 0. The van der Waals surface area contributed by atoms with E-state index in [2.05, 4.69) is 10.1 Å². The number of hydrogen-bond acceptors (Lipinski definition) is 5. The van der Waals surface area contributed by atoms with Crippen molar-refractivity contribution < 1.29 is 14.1 Å². The molecule has 5 nitrogen and oxygen atoms in total. The molecule has 0 amide bonds. The van der Waals surface area contributed by atoms with E-state index in [1.54, 1.807) is 6.92 Å². The molecule has 1 aliphatic rings. The molecule has 15 heavy (non-hydrogen) atoms. The summed E-state index contributed by atoms with van der Waals surface area (Å²) in [5, 5.41) is 3.74. The van der Waals surface area contributed by atoms with Crippen LogP contribution in [-0.2, 0) is 16.1 Å². The van der Waals surface area contributed by atoms with Gasteiger partial charge in [0, 0.05) is 19.8 Å². The lowest BCUT2D eigenvalue weighted by Gasteiger charge is -2.20. The third kappa shape index (κ3) is 2.86. The van der Waals surface area contributed by atoms with Gasteiger partial charge in [-0.1, -0.05) is 5.16 Å². The molecule has 0 aromatic carbocycles. The monoisotopic (exact) mass is 210 g/mol. The molecule has 0 aliphatic heterocycles. The molecule has 1 aliphatic carbocycles. The standard InChI is InChI=1S/C10H14N2O3/c1-7-11-10(12-15-7)6-14-9-4-2-8(13)3-5-9/h9H,2-6H2,1H3. The van der Waals surface area contributed by atoms with E-state index >= 15 is 0 Å². The Hall–Kier alpha value is -1.23. The Balaban J connectivity index is 1.76. The Labute approximate surface area is 87.8 Å². The zero-order valence-electron chi connectivity index (χ0n) is 8.73. The average molecular weight is 210 g/mol. The van der Waals surface area contributed by atoms with Crippen LogP contribution in [0.4, 0.5) is 0 Å². The van der Waals surface area contributed by atoms with Crippen LogP contribution in [0.1, 0.15) is 37.4 Å². The lowest BCUT2D eigenvalue weighted by molar-refractivity contribution is -0.123. The molecule has 1 aromatic rings. The highest BCUT2D eigenvalue weighted by Gasteiger charge is 2.19. The van der Waals surface area contributed by atoms with E-state index in [1.807, 2.05) is 0 Å². The Bertz CT molecular complexity index is 338. The maximum absolute atomic E-state index is 11.0. The van der Waals surface area contributed by atoms with Gasteiger partial charge in [0.2, 0.25) is 5.89 Å². The molecule has 0 unspecified atom stereocenters. The Morgan fingerprint density at radius 2 is 2.20 bits per heavy atom. The van der Waals surface area contributed by atoms with Crippen LogP contribution in [0.3, 0.4) is 0 Å². The molecular weight excluding hydrogens is 196 g/mol. The SMILES string of the molecule is Cc1nc(COC2CCC(=O)CC2)no1. The van der Waals surface area contributed by atoms with Gasteiger partial charge in [-0.15, -0.1) is 0 Å². The van der Waals surface area contributed by atoms with E-state index in [4.69, 9.17) is 9.26 Å². The number of ether oxygens (including phenoxy) is 1. The number of carbonyl (C=O) groups is 1. The molecular formula is C10H14N2O3. The highest BCUT2D eigenvalue weighted by Crippen LogP contribution is 2.18. The first-order chi connectivity index (χ1) is 7.24. The maximum Gasteiger partial charge on any atom is 0.223 e. The van der Waals surface area contributed by atoms with Crippen molar-refractivity contribution in [2.75, 3.05) is 0 Å². The van der Waals surface area contributed by atoms with Gasteiger partial charge in [0.15, 0.2) is 5.82 Å². The summed E-state index contributed by atoms with van der Waals surface area (Å²) in [6.45, 7) is 2.12. The van der Waals surface area contributed by atoms with E-state index < -0.39 is 0 Å². The first-order valence-corrected chi connectivity index (χ1v) is 5.16. The molecule has 1 heterocycles. The van der Waals surface area contributed by atoms with Crippen LogP contribution in [0.5, 0.6) is 0 Å². The van der Waals surface area contributed by atoms with Crippen LogP contribution in [0.15, 0.2) is 4.52 Å². The van der Waals surface area contributed by atoms with Crippen molar-refractivity contribution in [2.24, 2.45) is 0 Å². The van der Waals surface area contributed by atoms with Gasteiger partial charge in [0.25, 0.3) is 0 Å². The van der Waals surface area contributed by atoms with E-state index in [0.29, 0.717) is 36.9 Å². The molecule has 2 rings (SSSR count). The van der Waals surface area contributed by atoms with Gasteiger partial charge in [-0.25, -0.2) is 0 Å². The predicted molar refractivity (Wildman–Crippen MR) is 51.1 cm³/mol. The van der Waals surface area contributed by atoms with E-state index in [-0.39, 0.29) is 6.10 Å². The summed E-state index contributed by atoms with van der Waals surface area (Å²) in [4.78, 5) is 15.0. The van der Waals surface area contributed by atoms with Gasteiger partial charge in [-0.05, 0) is 12.8 Å². The zero-order valence-corrected chi connectivity index (χ0v) is 8.73. The van der Waals surface area contributed by atoms with Crippen LogP contribution < -0.4 is 0 Å². The summed E-state index contributed by atoms with van der Waals surface area (Å²) in [7, 11) is 0. The van der Waals surface area contributed by atoms with Gasteiger partial charge in [0.1, 0.15) is 12.4 Å². The molecule has 1 aromatic heterocycles. The molecule has 0 saturated heterocycles. The second kappa shape index (κ2) is 4.53. The minimum Gasteiger partial charge on any atom is -0.370 e. The van der Waals surface area contributed by atoms with Crippen molar-refractivity contribution in [3.8, 4) is 0 Å². The van der Waals surface area contributed by atoms with Gasteiger partial charge in [-0.2, -0.15) is 4.98 Å². The van der Waals surface area contributed by atoms with Gasteiger partial charge < -0.3 is 9.26 Å². The third-order valence-corrected chi connectivity index (χ3v) is 2.51. The van der Waals surface area contributed by atoms with Crippen molar-refractivity contribution in [1.82, 2.24) is 10.1 Å². The molecule has 82 valence electrons. The number of ketones is 1. The number of carbonyl (C=O) groups excluding carboxylic acids is 1. The van der Waals surface area contributed by atoms with Crippen molar-refractivity contribution in [3.63, 3.8) is 0 Å². The van der Waals surface area contributed by atoms with Crippen molar-refractivity contribution in [2.45, 2.75) is 45.3 Å². The fourth-order valence-corrected chi connectivity index (χ4v) is 1.67. The van der Waals surface area contributed by atoms with Crippen molar-refractivity contribution >= 4 is 5.78 Å². The normalized spacial score (nSPS) is 18.3. The first-order valence-electron chi connectivity index (χ1n) is 5.16. The lowest BCUT2D eigenvalue weighted by Crippen LogP contribution is -2.21. The van der Waals surface area contributed by atoms with Crippen LogP contribution in [0.2, 0.25) is 0 Å². The summed E-state index contributed by atoms with van der Waals surface area (Å²) < 4.78 is 10.4. The summed E-state index contributed by atoms with van der Waals surface area (Å²) in [6, 6.07) is 0. The van der Waals surface area contributed by atoms with Crippen LogP contribution in [0.25, 0.3) is 0 Å². The fraction of sp³-hybridized carbons (Fsp3) is 0.700.